The second-order valence-electron chi connectivity index (χ2n) is 9.48. The third kappa shape index (κ3) is 12.3. The van der Waals surface area contributed by atoms with Crippen LogP contribution in [0.5, 0.6) is 0 Å². The average Bonchev–Trinajstić information content (AvgIpc) is 2.72. The second kappa shape index (κ2) is 15.9. The molecule has 0 rings (SSSR count). The summed E-state index contributed by atoms with van der Waals surface area (Å²) in [5, 5.41) is 17.5. The number of amides is 3. The fraction of sp³-hybridized carbons (Fsp3) is 0.826. The number of carboxylic acid groups (broad SMARTS) is 1. The van der Waals surface area contributed by atoms with Crippen LogP contribution in [0.3, 0.4) is 0 Å². The smallest absolute Gasteiger partial charge is 0.326 e. The lowest BCUT2D eigenvalue weighted by atomic mass is 9.96. The van der Waals surface area contributed by atoms with E-state index in [-0.39, 0.29) is 24.2 Å². The molecule has 10 heteroatoms. The van der Waals surface area contributed by atoms with Crippen molar-refractivity contribution in [2.24, 2.45) is 23.5 Å². The minimum Gasteiger partial charge on any atom is -0.480 e. The number of nitrogens with one attached hydrogen (secondary N) is 3. The molecule has 0 saturated carbocycles. The molecule has 0 aliphatic carbocycles. The monoisotopic (exact) mass is 488 g/mol. The molecule has 192 valence electrons. The molecule has 0 aromatic rings. The Morgan fingerprint density at radius 3 is 1.85 bits per heavy atom. The van der Waals surface area contributed by atoms with Crippen LogP contribution in [-0.4, -0.2) is 65.0 Å². The summed E-state index contributed by atoms with van der Waals surface area (Å²) in [5.41, 5.74) is 5.97. The van der Waals surface area contributed by atoms with Gasteiger partial charge in [0.25, 0.3) is 0 Å². The minimum atomic E-state index is -1.12. The molecule has 3 amide bonds. The Morgan fingerprint density at radius 1 is 0.848 bits per heavy atom. The number of hydrogen-bond acceptors (Lipinski definition) is 6. The molecule has 0 heterocycles. The van der Waals surface area contributed by atoms with Crippen molar-refractivity contribution in [3.05, 3.63) is 0 Å². The predicted octanol–water partition coefficient (Wildman–Crippen LogP) is 1.74. The first kappa shape index (κ1) is 31.2. The zero-order chi connectivity index (χ0) is 25.7. The molecule has 5 unspecified atom stereocenters. The Bertz CT molecular complexity index is 644. The zero-order valence-corrected chi connectivity index (χ0v) is 22.0. The number of carbonyl (C=O) groups excluding carboxylic acids is 3. The van der Waals surface area contributed by atoms with Gasteiger partial charge in [-0.15, -0.1) is 0 Å². The second-order valence-corrected chi connectivity index (χ2v) is 10.5. The number of carbonyl (C=O) groups is 4. The van der Waals surface area contributed by atoms with Crippen molar-refractivity contribution < 1.29 is 24.3 Å². The molecule has 0 fully saturated rings. The quantitative estimate of drug-likeness (QED) is 0.222. The highest BCUT2D eigenvalue weighted by Crippen LogP contribution is 2.12. The van der Waals surface area contributed by atoms with Gasteiger partial charge >= 0.3 is 5.97 Å². The standard InChI is InChI=1S/C23H44N4O5S/c1-8-15(6)19(22(30)25-17(23(31)32)9-10-33-7)27-21(29)18(12-14(4)5)26-20(28)16(24)11-13(2)3/h13-19H,8-12,24H2,1-7H3,(H,25,30)(H,26,28)(H,27,29)(H,31,32). The molecule has 6 N–H and O–H groups in total. The molecule has 9 nitrogen and oxygen atoms in total. The average molecular weight is 489 g/mol. The fourth-order valence-corrected chi connectivity index (χ4v) is 3.78. The van der Waals surface area contributed by atoms with E-state index in [4.69, 9.17) is 5.73 Å². The van der Waals surface area contributed by atoms with Crippen LogP contribution < -0.4 is 21.7 Å². The van der Waals surface area contributed by atoms with Crippen molar-refractivity contribution in [2.75, 3.05) is 12.0 Å². The lowest BCUT2D eigenvalue weighted by Crippen LogP contribution is -2.59. The predicted molar refractivity (Wildman–Crippen MR) is 133 cm³/mol. The highest BCUT2D eigenvalue weighted by Gasteiger charge is 2.33. The van der Waals surface area contributed by atoms with Gasteiger partial charge in [-0.05, 0) is 49.0 Å². The topological polar surface area (TPSA) is 151 Å². The summed E-state index contributed by atoms with van der Waals surface area (Å²) >= 11 is 1.49. The van der Waals surface area contributed by atoms with Gasteiger partial charge in [0.05, 0.1) is 6.04 Å². The molecule has 0 aliphatic rings. The first-order valence-corrected chi connectivity index (χ1v) is 13.1. The SMILES string of the molecule is CCC(C)C(NC(=O)C(CC(C)C)NC(=O)C(N)CC(C)C)C(=O)NC(CCSC)C(=O)O. The molecule has 0 spiro atoms. The first-order valence-electron chi connectivity index (χ1n) is 11.7. The van der Waals surface area contributed by atoms with Crippen molar-refractivity contribution in [1.29, 1.82) is 0 Å². The highest BCUT2D eigenvalue weighted by molar-refractivity contribution is 7.98. The number of rotatable bonds is 16. The van der Waals surface area contributed by atoms with Crippen molar-refractivity contribution in [1.82, 2.24) is 16.0 Å². The molecule has 0 aromatic heterocycles. The maximum absolute atomic E-state index is 13.1. The van der Waals surface area contributed by atoms with Crippen molar-refractivity contribution in [3.8, 4) is 0 Å². The lowest BCUT2D eigenvalue weighted by molar-refractivity contribution is -0.142. The molecule has 0 saturated heterocycles. The third-order valence-corrected chi connectivity index (χ3v) is 6.06. The molecular weight excluding hydrogens is 444 g/mol. The van der Waals surface area contributed by atoms with E-state index in [0.717, 1.165) is 0 Å². The molecule has 0 aromatic carbocycles. The Kier molecular flexibility index (Phi) is 15.1. The summed E-state index contributed by atoms with van der Waals surface area (Å²) in [6, 6.07) is -3.53. The maximum Gasteiger partial charge on any atom is 0.326 e. The summed E-state index contributed by atoms with van der Waals surface area (Å²) in [4.78, 5) is 50.2. The normalized spacial score (nSPS) is 15.9. The van der Waals surface area contributed by atoms with Crippen molar-refractivity contribution >= 4 is 35.5 Å². The van der Waals surface area contributed by atoms with E-state index < -0.39 is 47.9 Å². The maximum atomic E-state index is 13.1. The van der Waals surface area contributed by atoms with E-state index in [9.17, 15) is 24.3 Å². The fourth-order valence-electron chi connectivity index (χ4n) is 3.31. The summed E-state index contributed by atoms with van der Waals surface area (Å²) in [5.74, 6) is -1.86. The number of aliphatic carboxylic acids is 1. The Morgan fingerprint density at radius 2 is 1.39 bits per heavy atom. The number of carboxylic acids is 1. The van der Waals surface area contributed by atoms with E-state index in [1.807, 2.05) is 47.8 Å². The molecule has 0 aliphatic heterocycles. The van der Waals surface area contributed by atoms with Crippen LogP contribution in [0.2, 0.25) is 0 Å². The van der Waals surface area contributed by atoms with Crippen LogP contribution in [0.25, 0.3) is 0 Å². The van der Waals surface area contributed by atoms with Crippen molar-refractivity contribution in [3.63, 3.8) is 0 Å². The van der Waals surface area contributed by atoms with Gasteiger partial charge in [0, 0.05) is 0 Å². The van der Waals surface area contributed by atoms with Gasteiger partial charge in [-0.3, -0.25) is 14.4 Å². The first-order chi connectivity index (χ1) is 15.3. The number of thioether (sulfide) groups is 1. The van der Waals surface area contributed by atoms with E-state index in [0.29, 0.717) is 25.0 Å². The highest BCUT2D eigenvalue weighted by atomic mass is 32.2. The van der Waals surface area contributed by atoms with Gasteiger partial charge in [-0.25, -0.2) is 4.79 Å². The van der Waals surface area contributed by atoms with Gasteiger partial charge < -0.3 is 26.8 Å². The Balaban J connectivity index is 5.51. The number of hydrogen-bond donors (Lipinski definition) is 5. The van der Waals surface area contributed by atoms with E-state index in [1.54, 1.807) is 0 Å². The van der Waals surface area contributed by atoms with Crippen LogP contribution >= 0.6 is 11.8 Å². The zero-order valence-electron chi connectivity index (χ0n) is 21.1. The van der Waals surface area contributed by atoms with E-state index >= 15 is 0 Å². The van der Waals surface area contributed by atoms with Crippen LogP contribution in [0.1, 0.15) is 67.2 Å². The minimum absolute atomic E-state index is 0.112. The molecule has 5 atom stereocenters. The van der Waals surface area contributed by atoms with Crippen LogP contribution in [-0.2, 0) is 19.2 Å². The largest absolute Gasteiger partial charge is 0.480 e. The van der Waals surface area contributed by atoms with Crippen LogP contribution in [0, 0.1) is 17.8 Å². The van der Waals surface area contributed by atoms with Crippen molar-refractivity contribution in [2.45, 2.75) is 91.4 Å². The summed E-state index contributed by atoms with van der Waals surface area (Å²) in [6.07, 6.45) is 3.61. The Labute approximate surface area is 202 Å². The molecular formula is C23H44N4O5S. The van der Waals surface area contributed by atoms with Gasteiger partial charge in [-0.1, -0.05) is 48.0 Å². The molecule has 33 heavy (non-hydrogen) atoms. The van der Waals surface area contributed by atoms with Gasteiger partial charge in [0.2, 0.25) is 17.7 Å². The molecule has 0 radical (unpaired) electrons. The van der Waals surface area contributed by atoms with Gasteiger partial charge in [0.1, 0.15) is 18.1 Å². The third-order valence-electron chi connectivity index (χ3n) is 5.42. The van der Waals surface area contributed by atoms with E-state index in [2.05, 4.69) is 16.0 Å². The van der Waals surface area contributed by atoms with Gasteiger partial charge in [0.15, 0.2) is 0 Å². The molecule has 0 bridgehead atoms. The van der Waals surface area contributed by atoms with Crippen LogP contribution in [0.15, 0.2) is 0 Å². The number of nitrogens with two attached hydrogens (primary N) is 1. The van der Waals surface area contributed by atoms with E-state index in [1.165, 1.54) is 11.8 Å². The Hall–Kier alpha value is -1.81. The summed E-state index contributed by atoms with van der Waals surface area (Å²) < 4.78 is 0. The summed E-state index contributed by atoms with van der Waals surface area (Å²) in [7, 11) is 0. The van der Waals surface area contributed by atoms with Gasteiger partial charge in [-0.2, -0.15) is 11.8 Å². The van der Waals surface area contributed by atoms with Crippen LogP contribution in [0.4, 0.5) is 0 Å². The lowest BCUT2D eigenvalue weighted by Gasteiger charge is -2.28. The summed E-state index contributed by atoms with van der Waals surface area (Å²) in [6.45, 7) is 11.5.